The van der Waals surface area contributed by atoms with E-state index in [0.29, 0.717) is 12.2 Å². The molecule has 146 valence electrons. The molecule has 2 aliphatic rings. The second-order valence-corrected chi connectivity index (χ2v) is 5.00. The first-order valence-corrected chi connectivity index (χ1v) is 9.33. The van der Waals surface area contributed by atoms with Gasteiger partial charge in [0, 0.05) is 12.1 Å². The molecule has 2 unspecified atom stereocenters. The molecule has 0 bridgehead atoms. The normalized spacial score (nSPS) is 20.4. The number of hydrogen-bond acceptors (Lipinski definition) is 3. The van der Waals surface area contributed by atoms with Crippen LogP contribution in [0.4, 0.5) is 0 Å². The topological polar surface area (TPSA) is 41.8 Å². The van der Waals surface area contributed by atoms with Crippen molar-refractivity contribution >= 4 is 5.71 Å². The van der Waals surface area contributed by atoms with E-state index in [1.807, 2.05) is 71.9 Å². The van der Waals surface area contributed by atoms with Crippen molar-refractivity contribution in [3.63, 3.8) is 0 Å². The molecule has 3 heteroatoms. The zero-order chi connectivity index (χ0) is 20.5. The lowest BCUT2D eigenvalue weighted by molar-refractivity contribution is 0.293. The van der Waals surface area contributed by atoms with E-state index in [1.54, 1.807) is 19.3 Å². The van der Waals surface area contributed by atoms with Crippen LogP contribution in [-0.4, -0.2) is 24.0 Å². The summed E-state index contributed by atoms with van der Waals surface area (Å²) < 4.78 is 5.23. The predicted octanol–water partition coefficient (Wildman–Crippen LogP) is 6.73. The van der Waals surface area contributed by atoms with Gasteiger partial charge in [-0.3, -0.25) is 4.99 Å². The highest BCUT2D eigenvalue weighted by atomic mass is 16.5. The average Bonchev–Trinajstić information content (AvgIpc) is 2.89. The number of fused-ring (bicyclic) bond motifs is 1. The molecule has 1 N–H and O–H groups in total. The lowest BCUT2D eigenvalue weighted by Crippen LogP contribution is -2.20. The van der Waals surface area contributed by atoms with E-state index in [9.17, 15) is 5.11 Å². The molecule has 0 saturated heterocycles. The van der Waals surface area contributed by atoms with E-state index < -0.39 is 0 Å². The van der Waals surface area contributed by atoms with Gasteiger partial charge in [0.15, 0.2) is 0 Å². The van der Waals surface area contributed by atoms with Crippen LogP contribution in [0.2, 0.25) is 0 Å². The van der Waals surface area contributed by atoms with Crippen molar-refractivity contribution in [1.82, 2.24) is 0 Å². The Kier molecular flexibility index (Phi) is 16.2. The van der Waals surface area contributed by atoms with Gasteiger partial charge in [0.1, 0.15) is 5.76 Å². The summed E-state index contributed by atoms with van der Waals surface area (Å²) in [5.41, 5.74) is 2.18. The Labute approximate surface area is 160 Å². The van der Waals surface area contributed by atoms with Gasteiger partial charge in [0.2, 0.25) is 0 Å². The highest BCUT2D eigenvalue weighted by molar-refractivity contribution is 6.01. The van der Waals surface area contributed by atoms with E-state index in [4.69, 9.17) is 9.73 Å². The van der Waals surface area contributed by atoms with E-state index in [-0.39, 0.29) is 12.0 Å². The quantitative estimate of drug-likeness (QED) is 0.567. The maximum atomic E-state index is 10.1. The van der Waals surface area contributed by atoms with Gasteiger partial charge in [-0.15, -0.1) is 0 Å². The van der Waals surface area contributed by atoms with Crippen molar-refractivity contribution in [2.75, 3.05) is 7.11 Å². The van der Waals surface area contributed by atoms with E-state index >= 15 is 0 Å². The smallest absolute Gasteiger partial charge is 0.116 e. The molecule has 0 aromatic rings. The number of methoxy groups -OCH3 is 1. The number of aliphatic hydroxyl groups is 1. The van der Waals surface area contributed by atoms with Crippen LogP contribution in [0.1, 0.15) is 48.0 Å². The van der Waals surface area contributed by atoms with Crippen LogP contribution < -0.4 is 0 Å². The first kappa shape index (κ1) is 25.9. The molecule has 0 radical (unpaired) electrons. The monoisotopic (exact) mass is 359 g/mol. The van der Waals surface area contributed by atoms with Crippen molar-refractivity contribution in [2.45, 2.75) is 54.0 Å². The standard InChI is InChI=1S/C15H19NO2.C4H6.2C2H6/c1-4-10(2)13-7-8-15(17)12-6-5-11(18-3)9-14(12)16-13;1-3-4-2;2*1-2/h4-6,8-9,12,14,17H,7H2,1-3H3;3-4H,1-2H2;2*1-2H3/b10-4+;;;. The number of ether oxygens (including phenoxy) is 1. The molecule has 0 amide bonds. The minimum Gasteiger partial charge on any atom is -0.512 e. The fraction of sp³-hybridized carbons (Fsp3) is 0.435. The predicted molar refractivity (Wildman–Crippen MR) is 117 cm³/mol. The maximum absolute atomic E-state index is 10.1. The molecule has 0 saturated carbocycles. The number of nitrogens with zero attached hydrogens (tertiary/aromatic N) is 1. The molecule has 2 atom stereocenters. The Morgan fingerprint density at radius 1 is 1.23 bits per heavy atom. The Hall–Kier alpha value is -2.29. The summed E-state index contributed by atoms with van der Waals surface area (Å²) >= 11 is 0. The highest BCUT2D eigenvalue weighted by Crippen LogP contribution is 2.29. The first-order valence-electron chi connectivity index (χ1n) is 9.33. The van der Waals surface area contributed by atoms with Crippen LogP contribution in [-0.2, 0) is 4.74 Å². The molecule has 3 nitrogen and oxygen atoms in total. The zero-order valence-corrected chi connectivity index (χ0v) is 17.6. The summed E-state index contributed by atoms with van der Waals surface area (Å²) in [5, 5.41) is 10.1. The highest BCUT2D eigenvalue weighted by Gasteiger charge is 2.27. The van der Waals surface area contributed by atoms with E-state index in [1.165, 1.54) is 0 Å². The fourth-order valence-electron chi connectivity index (χ4n) is 2.17. The Morgan fingerprint density at radius 2 is 1.81 bits per heavy atom. The lowest BCUT2D eigenvalue weighted by Gasteiger charge is -2.21. The molecule has 0 aromatic carbocycles. The molecule has 0 fully saturated rings. The number of allylic oxidation sites excluding steroid dienone is 6. The molecule has 1 aliphatic carbocycles. The number of hydrogen-bond donors (Lipinski definition) is 1. The van der Waals surface area contributed by atoms with Gasteiger partial charge < -0.3 is 9.84 Å². The Bertz CT molecular complexity index is 557. The minimum atomic E-state index is -0.0754. The SMILES string of the molecule is C/C=C(\C)C1=NC2C=C(OC)C=CC2C(O)=CC1.C=CC=C.CC.CC. The van der Waals surface area contributed by atoms with Crippen LogP contribution in [0.5, 0.6) is 0 Å². The maximum Gasteiger partial charge on any atom is 0.116 e. The van der Waals surface area contributed by atoms with Gasteiger partial charge in [-0.05, 0) is 37.6 Å². The Morgan fingerprint density at radius 3 is 2.27 bits per heavy atom. The number of rotatable bonds is 3. The molecule has 0 aromatic heterocycles. The van der Waals surface area contributed by atoms with Gasteiger partial charge in [0.05, 0.1) is 24.8 Å². The fourth-order valence-corrected chi connectivity index (χ4v) is 2.17. The average molecular weight is 360 g/mol. The third-order valence-electron chi connectivity index (χ3n) is 3.61. The third-order valence-corrected chi connectivity index (χ3v) is 3.61. The zero-order valence-electron chi connectivity index (χ0n) is 17.6. The van der Waals surface area contributed by atoms with Crippen molar-refractivity contribution in [3.8, 4) is 0 Å². The summed E-state index contributed by atoms with van der Waals surface area (Å²) in [4.78, 5) is 4.75. The Balaban J connectivity index is 0. The van der Waals surface area contributed by atoms with Crippen molar-refractivity contribution < 1.29 is 9.84 Å². The van der Waals surface area contributed by atoms with Crippen molar-refractivity contribution in [2.24, 2.45) is 10.9 Å². The molecule has 0 spiro atoms. The molecular weight excluding hydrogens is 322 g/mol. The van der Waals surface area contributed by atoms with Crippen LogP contribution in [0.3, 0.4) is 0 Å². The molecule has 1 aliphatic heterocycles. The van der Waals surface area contributed by atoms with E-state index in [2.05, 4.69) is 13.2 Å². The molecule has 26 heavy (non-hydrogen) atoms. The van der Waals surface area contributed by atoms with Crippen molar-refractivity contribution in [3.05, 3.63) is 72.8 Å². The van der Waals surface area contributed by atoms with Crippen molar-refractivity contribution in [1.29, 1.82) is 0 Å². The third kappa shape index (κ3) is 8.70. The van der Waals surface area contributed by atoms with E-state index in [0.717, 1.165) is 17.0 Å². The largest absolute Gasteiger partial charge is 0.512 e. The summed E-state index contributed by atoms with van der Waals surface area (Å²) in [6.07, 6.45) is 13.7. The summed E-state index contributed by atoms with van der Waals surface area (Å²) in [6.45, 7) is 18.8. The van der Waals surface area contributed by atoms with Gasteiger partial charge in [-0.2, -0.15) is 0 Å². The van der Waals surface area contributed by atoms with Gasteiger partial charge >= 0.3 is 0 Å². The summed E-state index contributed by atoms with van der Waals surface area (Å²) in [7, 11) is 1.64. The van der Waals surface area contributed by atoms with Crippen LogP contribution in [0, 0.1) is 5.92 Å². The number of aliphatic hydroxyl groups excluding tert-OH is 1. The minimum absolute atomic E-state index is 0.0638. The van der Waals surface area contributed by atoms with Gasteiger partial charge in [-0.25, -0.2) is 0 Å². The van der Waals surface area contributed by atoms with Crippen LogP contribution in [0.25, 0.3) is 0 Å². The van der Waals surface area contributed by atoms with Gasteiger partial charge in [0.25, 0.3) is 0 Å². The second-order valence-electron chi connectivity index (χ2n) is 5.00. The summed E-state index contributed by atoms with van der Waals surface area (Å²) in [6, 6.07) is -0.0754. The van der Waals surface area contributed by atoms with Gasteiger partial charge in [-0.1, -0.05) is 65.2 Å². The first-order chi connectivity index (χ1) is 12.6. The molecule has 2 rings (SSSR count). The lowest BCUT2D eigenvalue weighted by atomic mass is 9.93. The summed E-state index contributed by atoms with van der Waals surface area (Å²) in [5.74, 6) is 1.13. The van der Waals surface area contributed by atoms with Crippen LogP contribution in [0.15, 0.2) is 77.8 Å². The van der Waals surface area contributed by atoms with Crippen LogP contribution >= 0.6 is 0 Å². The molecular formula is C23H37NO2. The second kappa shape index (κ2) is 16.2. The number of aliphatic imine (C=N–C) groups is 1. The molecule has 1 heterocycles.